The van der Waals surface area contributed by atoms with Crippen LogP contribution in [0.4, 0.5) is 4.79 Å². The highest BCUT2D eigenvalue weighted by Crippen LogP contribution is 2.27. The minimum atomic E-state index is -1.27. The Kier molecular flexibility index (Phi) is 6.46. The van der Waals surface area contributed by atoms with Gasteiger partial charge < -0.3 is 25.4 Å². The molecule has 2 rings (SSSR count). The first kappa shape index (κ1) is 18.7. The van der Waals surface area contributed by atoms with Crippen LogP contribution < -0.4 is 5.32 Å². The smallest absolute Gasteiger partial charge is 0.407 e. The van der Waals surface area contributed by atoms with E-state index in [4.69, 9.17) is 9.84 Å². The summed E-state index contributed by atoms with van der Waals surface area (Å²) in [5.41, 5.74) is 0.563. The van der Waals surface area contributed by atoms with Crippen molar-refractivity contribution in [2.24, 2.45) is 0 Å². The molecule has 26 heavy (non-hydrogen) atoms. The van der Waals surface area contributed by atoms with Crippen molar-refractivity contribution >= 4 is 12.1 Å². The van der Waals surface area contributed by atoms with Crippen molar-refractivity contribution in [3.63, 3.8) is 0 Å². The number of ether oxygens (including phenoxy) is 1. The number of nitrogens with one attached hydrogen (secondary N) is 1. The Hall–Kier alpha value is -3.66. The first-order chi connectivity index (χ1) is 12.5. The zero-order valence-corrected chi connectivity index (χ0v) is 13.7. The van der Waals surface area contributed by atoms with Crippen LogP contribution in [-0.2, 0) is 11.3 Å². The third-order valence-corrected chi connectivity index (χ3v) is 3.29. The largest absolute Gasteiger partial charge is 0.506 e. The molecule has 0 radical (unpaired) electrons. The molecule has 134 valence electrons. The fourth-order valence-corrected chi connectivity index (χ4v) is 2.02. The van der Waals surface area contributed by atoms with E-state index < -0.39 is 23.6 Å². The summed E-state index contributed by atoms with van der Waals surface area (Å²) in [5, 5.41) is 30.8. The second-order valence-electron chi connectivity index (χ2n) is 5.23. The molecule has 0 unspecified atom stereocenters. The average molecular weight is 355 g/mol. The predicted molar refractivity (Wildman–Crippen MR) is 92.9 cm³/mol. The van der Waals surface area contributed by atoms with Gasteiger partial charge in [0.05, 0.1) is 5.56 Å². The number of carbonyl (C=O) groups is 2. The third-order valence-electron chi connectivity index (χ3n) is 3.29. The maximum Gasteiger partial charge on any atom is 0.407 e. The Balaban J connectivity index is 1.80. The summed E-state index contributed by atoms with van der Waals surface area (Å²) in [6.45, 7) is 0.380. The van der Waals surface area contributed by atoms with Crippen molar-refractivity contribution in [2.75, 3.05) is 6.54 Å². The van der Waals surface area contributed by atoms with E-state index in [1.54, 1.807) is 0 Å². The van der Waals surface area contributed by atoms with Gasteiger partial charge in [0.15, 0.2) is 0 Å². The molecule has 2 aromatic rings. The minimum absolute atomic E-state index is 0.0679. The molecule has 0 fully saturated rings. The van der Waals surface area contributed by atoms with Gasteiger partial charge in [-0.3, -0.25) is 0 Å². The number of carbonyl (C=O) groups excluding carboxylic acids is 1. The maximum absolute atomic E-state index is 11.5. The van der Waals surface area contributed by atoms with Crippen molar-refractivity contribution in [3.8, 4) is 23.3 Å². The molecule has 0 bridgehead atoms. The van der Waals surface area contributed by atoms with Crippen LogP contribution in [0.2, 0.25) is 0 Å². The number of aromatic carboxylic acids is 1. The van der Waals surface area contributed by atoms with Crippen molar-refractivity contribution in [2.45, 2.75) is 13.0 Å². The molecule has 7 heteroatoms. The van der Waals surface area contributed by atoms with Crippen LogP contribution in [-0.4, -0.2) is 33.9 Å². The summed E-state index contributed by atoms with van der Waals surface area (Å²) < 4.78 is 5.03. The van der Waals surface area contributed by atoms with Crippen LogP contribution in [0.15, 0.2) is 42.5 Å². The Morgan fingerprint density at radius 2 is 1.73 bits per heavy atom. The van der Waals surface area contributed by atoms with Crippen LogP contribution in [0.5, 0.6) is 11.5 Å². The normalized spacial score (nSPS) is 9.69. The molecular formula is C19H17NO6. The number of phenolic OH excluding ortho intramolecular Hbond substituents is 2. The quantitative estimate of drug-likeness (QED) is 0.484. The van der Waals surface area contributed by atoms with Gasteiger partial charge in [0.2, 0.25) is 0 Å². The number of benzene rings is 2. The number of carboxylic acids is 1. The third kappa shape index (κ3) is 5.46. The number of carboxylic acid groups (broad SMARTS) is 1. The molecule has 0 saturated carbocycles. The van der Waals surface area contributed by atoms with Crippen LogP contribution in [0, 0.1) is 11.8 Å². The Morgan fingerprint density at radius 3 is 2.35 bits per heavy atom. The SMILES string of the molecule is O=C(NCCC#Cc1c(O)cc(C(=O)O)cc1O)OCc1ccccc1. The van der Waals surface area contributed by atoms with Gasteiger partial charge >= 0.3 is 12.1 Å². The number of amides is 1. The lowest BCUT2D eigenvalue weighted by Gasteiger charge is -2.05. The molecule has 0 saturated heterocycles. The van der Waals surface area contributed by atoms with Crippen molar-refractivity contribution in [1.29, 1.82) is 0 Å². The van der Waals surface area contributed by atoms with Gasteiger partial charge in [0, 0.05) is 13.0 Å². The van der Waals surface area contributed by atoms with Crippen LogP contribution >= 0.6 is 0 Å². The molecule has 0 aliphatic carbocycles. The number of hydrogen-bond acceptors (Lipinski definition) is 5. The highest BCUT2D eigenvalue weighted by atomic mass is 16.5. The summed E-state index contributed by atoms with van der Waals surface area (Å²) in [7, 11) is 0. The topological polar surface area (TPSA) is 116 Å². The number of phenols is 2. The monoisotopic (exact) mass is 355 g/mol. The van der Waals surface area contributed by atoms with Gasteiger partial charge in [-0.05, 0) is 17.7 Å². The molecule has 4 N–H and O–H groups in total. The Bertz CT molecular complexity index is 828. The number of aromatic hydroxyl groups is 2. The fourth-order valence-electron chi connectivity index (χ4n) is 2.02. The number of alkyl carbamates (subject to hydrolysis) is 1. The number of hydrogen-bond donors (Lipinski definition) is 4. The average Bonchev–Trinajstić information content (AvgIpc) is 2.62. The molecule has 1 amide bonds. The summed E-state index contributed by atoms with van der Waals surface area (Å²) in [6.07, 6.45) is -0.327. The molecular weight excluding hydrogens is 338 g/mol. The lowest BCUT2D eigenvalue weighted by atomic mass is 10.1. The van der Waals surface area contributed by atoms with E-state index in [1.165, 1.54) is 0 Å². The van der Waals surface area contributed by atoms with Gasteiger partial charge in [-0.15, -0.1) is 0 Å². The zero-order chi connectivity index (χ0) is 18.9. The van der Waals surface area contributed by atoms with Crippen LogP contribution in [0.3, 0.4) is 0 Å². The summed E-state index contributed by atoms with van der Waals surface area (Å²) in [6, 6.07) is 11.3. The van der Waals surface area contributed by atoms with Crippen LogP contribution in [0.1, 0.15) is 27.9 Å². The van der Waals surface area contributed by atoms with Crippen molar-refractivity contribution in [1.82, 2.24) is 5.32 Å². The van der Waals surface area contributed by atoms with E-state index >= 15 is 0 Å². The van der Waals surface area contributed by atoms with Gasteiger partial charge in [-0.2, -0.15) is 0 Å². The highest BCUT2D eigenvalue weighted by molar-refractivity contribution is 5.89. The number of rotatable bonds is 5. The molecule has 0 atom stereocenters. The minimum Gasteiger partial charge on any atom is -0.506 e. The van der Waals surface area contributed by atoms with E-state index in [9.17, 15) is 19.8 Å². The molecule has 7 nitrogen and oxygen atoms in total. The highest BCUT2D eigenvalue weighted by Gasteiger charge is 2.11. The van der Waals surface area contributed by atoms with E-state index in [1.807, 2.05) is 30.3 Å². The summed E-state index contributed by atoms with van der Waals surface area (Å²) >= 11 is 0. The summed E-state index contributed by atoms with van der Waals surface area (Å²) in [5.74, 6) is 3.10. The second kappa shape index (κ2) is 8.99. The van der Waals surface area contributed by atoms with Gasteiger partial charge in [0.25, 0.3) is 0 Å². The lowest BCUT2D eigenvalue weighted by molar-refractivity contribution is 0.0696. The Labute approximate surface area is 149 Å². The second-order valence-corrected chi connectivity index (χ2v) is 5.23. The zero-order valence-electron chi connectivity index (χ0n) is 13.7. The van der Waals surface area contributed by atoms with E-state index in [0.717, 1.165) is 17.7 Å². The first-order valence-electron chi connectivity index (χ1n) is 7.70. The van der Waals surface area contributed by atoms with E-state index in [0.29, 0.717) is 0 Å². The van der Waals surface area contributed by atoms with Gasteiger partial charge in [0.1, 0.15) is 23.7 Å². The van der Waals surface area contributed by atoms with Crippen molar-refractivity contribution < 1.29 is 29.6 Å². The van der Waals surface area contributed by atoms with Crippen molar-refractivity contribution in [3.05, 3.63) is 59.2 Å². The maximum atomic E-state index is 11.5. The van der Waals surface area contributed by atoms with Crippen LogP contribution in [0.25, 0.3) is 0 Å². The Morgan fingerprint density at radius 1 is 1.08 bits per heavy atom. The fraction of sp³-hybridized carbons (Fsp3) is 0.158. The first-order valence-corrected chi connectivity index (χ1v) is 7.70. The van der Waals surface area contributed by atoms with E-state index in [-0.39, 0.29) is 30.7 Å². The van der Waals surface area contributed by atoms with Gasteiger partial charge in [-0.1, -0.05) is 42.2 Å². The molecule has 0 heterocycles. The standard InChI is InChI=1S/C19H17NO6/c21-16-10-14(18(23)24)11-17(22)15(16)8-4-5-9-20-19(25)26-12-13-6-2-1-3-7-13/h1-3,6-7,10-11,21-22H,5,9,12H2,(H,20,25)(H,23,24). The predicted octanol–water partition coefficient (Wildman–Crippen LogP) is 2.46. The molecule has 0 aromatic heterocycles. The van der Waals surface area contributed by atoms with E-state index in [2.05, 4.69) is 17.2 Å². The molecule has 0 aliphatic heterocycles. The van der Waals surface area contributed by atoms with Gasteiger partial charge in [-0.25, -0.2) is 9.59 Å². The molecule has 2 aromatic carbocycles. The molecule has 0 aliphatic rings. The summed E-state index contributed by atoms with van der Waals surface area (Å²) in [4.78, 5) is 22.4. The lowest BCUT2D eigenvalue weighted by Crippen LogP contribution is -2.24. The molecule has 0 spiro atoms.